The molecule has 0 atom stereocenters. The summed E-state index contributed by atoms with van der Waals surface area (Å²) in [6.45, 7) is 2.46. The van der Waals surface area contributed by atoms with Gasteiger partial charge in [0.2, 0.25) is 5.95 Å². The molecule has 1 N–H and O–H groups in total. The van der Waals surface area contributed by atoms with Crippen molar-refractivity contribution in [2.24, 2.45) is 0 Å². The molecule has 0 unspecified atom stereocenters. The van der Waals surface area contributed by atoms with E-state index in [0.717, 1.165) is 56.0 Å². The van der Waals surface area contributed by atoms with Crippen molar-refractivity contribution in [3.63, 3.8) is 0 Å². The van der Waals surface area contributed by atoms with Crippen LogP contribution in [0.3, 0.4) is 0 Å². The molecule has 0 amide bonds. The topological polar surface area (TPSA) is 50.3 Å². The molecule has 2 aromatic carbocycles. The van der Waals surface area contributed by atoms with Gasteiger partial charge in [0.15, 0.2) is 0 Å². The van der Waals surface area contributed by atoms with Gasteiger partial charge in [0, 0.05) is 44.1 Å². The number of fused-ring (bicyclic) bond motifs is 1. The normalized spacial score (nSPS) is 13.2. The van der Waals surface area contributed by atoms with Gasteiger partial charge in [0.25, 0.3) is 0 Å². The lowest BCUT2D eigenvalue weighted by Gasteiger charge is -2.30. The monoisotopic (exact) mass is 374 g/mol. The number of nitrogens with zero attached hydrogens (tertiary/aromatic N) is 3. The minimum Gasteiger partial charge on any atom is -0.385 e. The van der Waals surface area contributed by atoms with Crippen LogP contribution in [0.2, 0.25) is 0 Å². The SMILES string of the molecule is COCCCNc1nc(-c2ccccc2)cc(N2CCCc3ccccc32)n1. The summed E-state index contributed by atoms with van der Waals surface area (Å²) >= 11 is 0. The zero-order valence-corrected chi connectivity index (χ0v) is 16.3. The van der Waals surface area contributed by atoms with Crippen LogP contribution in [0.1, 0.15) is 18.4 Å². The lowest BCUT2D eigenvalue weighted by molar-refractivity contribution is 0.197. The van der Waals surface area contributed by atoms with Crippen molar-refractivity contribution in [3.05, 3.63) is 66.2 Å². The molecule has 0 bridgehead atoms. The number of hydrogen-bond acceptors (Lipinski definition) is 5. The Kier molecular flexibility index (Phi) is 5.83. The quantitative estimate of drug-likeness (QED) is 0.609. The molecule has 3 aromatic rings. The third-order valence-electron chi connectivity index (χ3n) is 4.98. The van der Waals surface area contributed by atoms with Crippen molar-refractivity contribution in [3.8, 4) is 11.3 Å². The summed E-state index contributed by atoms with van der Waals surface area (Å²) in [5.74, 6) is 1.60. The molecule has 28 heavy (non-hydrogen) atoms. The number of hydrogen-bond donors (Lipinski definition) is 1. The minimum atomic E-state index is 0.663. The van der Waals surface area contributed by atoms with E-state index in [4.69, 9.17) is 14.7 Å². The fraction of sp³-hybridized carbons (Fsp3) is 0.304. The summed E-state index contributed by atoms with van der Waals surface area (Å²) in [6, 6.07) is 21.0. The van der Waals surface area contributed by atoms with Gasteiger partial charge in [-0.1, -0.05) is 48.5 Å². The first-order valence-electron chi connectivity index (χ1n) is 9.88. The molecule has 0 aliphatic carbocycles. The van der Waals surface area contributed by atoms with Crippen LogP contribution in [-0.4, -0.2) is 36.8 Å². The smallest absolute Gasteiger partial charge is 0.225 e. The molecule has 5 heteroatoms. The van der Waals surface area contributed by atoms with Crippen LogP contribution >= 0.6 is 0 Å². The van der Waals surface area contributed by atoms with Gasteiger partial charge in [-0.05, 0) is 30.9 Å². The summed E-state index contributed by atoms with van der Waals surface area (Å²) in [5.41, 5.74) is 4.65. The van der Waals surface area contributed by atoms with E-state index < -0.39 is 0 Å². The van der Waals surface area contributed by atoms with Crippen molar-refractivity contribution in [2.45, 2.75) is 19.3 Å². The Morgan fingerprint density at radius 3 is 2.71 bits per heavy atom. The summed E-state index contributed by atoms with van der Waals surface area (Å²) in [7, 11) is 1.72. The van der Waals surface area contributed by atoms with Crippen LogP contribution in [0.25, 0.3) is 11.3 Å². The molecule has 0 fully saturated rings. The Hall–Kier alpha value is -2.92. The van der Waals surface area contributed by atoms with Gasteiger partial charge in [-0.25, -0.2) is 4.98 Å². The first-order chi connectivity index (χ1) is 13.8. The number of para-hydroxylation sites is 1. The van der Waals surface area contributed by atoms with Gasteiger partial charge < -0.3 is 15.0 Å². The highest BCUT2D eigenvalue weighted by Gasteiger charge is 2.20. The second-order valence-corrected chi connectivity index (χ2v) is 6.96. The fourth-order valence-electron chi connectivity index (χ4n) is 3.60. The second kappa shape index (κ2) is 8.85. The van der Waals surface area contributed by atoms with Crippen molar-refractivity contribution in [1.29, 1.82) is 0 Å². The van der Waals surface area contributed by atoms with Gasteiger partial charge in [-0.2, -0.15) is 4.98 Å². The number of anilines is 3. The van der Waals surface area contributed by atoms with Gasteiger partial charge in [-0.15, -0.1) is 0 Å². The molecule has 0 radical (unpaired) electrons. The molecule has 144 valence electrons. The van der Waals surface area contributed by atoms with Gasteiger partial charge in [-0.3, -0.25) is 0 Å². The zero-order valence-electron chi connectivity index (χ0n) is 16.3. The fourth-order valence-corrected chi connectivity index (χ4v) is 3.60. The number of nitrogens with one attached hydrogen (secondary N) is 1. The van der Waals surface area contributed by atoms with E-state index in [0.29, 0.717) is 5.95 Å². The summed E-state index contributed by atoms with van der Waals surface area (Å²) < 4.78 is 5.14. The molecule has 0 saturated heterocycles. The van der Waals surface area contributed by atoms with Crippen molar-refractivity contribution in [2.75, 3.05) is 37.0 Å². The second-order valence-electron chi connectivity index (χ2n) is 6.96. The summed E-state index contributed by atoms with van der Waals surface area (Å²) in [4.78, 5) is 11.9. The molecule has 4 rings (SSSR count). The Morgan fingerprint density at radius 1 is 1.04 bits per heavy atom. The van der Waals surface area contributed by atoms with Crippen molar-refractivity contribution < 1.29 is 4.74 Å². The predicted molar refractivity (Wildman–Crippen MR) is 114 cm³/mol. The van der Waals surface area contributed by atoms with E-state index in [9.17, 15) is 0 Å². The maximum atomic E-state index is 5.14. The average Bonchev–Trinajstić information content (AvgIpc) is 2.77. The van der Waals surface area contributed by atoms with Crippen molar-refractivity contribution in [1.82, 2.24) is 9.97 Å². The zero-order chi connectivity index (χ0) is 19.2. The Morgan fingerprint density at radius 2 is 1.86 bits per heavy atom. The van der Waals surface area contributed by atoms with Crippen LogP contribution in [0.15, 0.2) is 60.7 Å². The lowest BCUT2D eigenvalue weighted by atomic mass is 10.0. The first kappa shape index (κ1) is 18.4. The predicted octanol–water partition coefficient (Wildman–Crippen LogP) is 4.68. The number of benzene rings is 2. The summed E-state index contributed by atoms with van der Waals surface area (Å²) in [6.07, 6.45) is 3.15. The van der Waals surface area contributed by atoms with E-state index in [1.54, 1.807) is 7.11 Å². The number of rotatable bonds is 7. The van der Waals surface area contributed by atoms with E-state index in [-0.39, 0.29) is 0 Å². The Bertz CT molecular complexity index is 913. The highest BCUT2D eigenvalue weighted by Crippen LogP contribution is 2.34. The molecule has 5 nitrogen and oxygen atoms in total. The molecule has 1 aliphatic rings. The molecule has 1 aliphatic heterocycles. The van der Waals surface area contributed by atoms with E-state index in [2.05, 4.69) is 52.7 Å². The average molecular weight is 374 g/mol. The number of aryl methyl sites for hydroxylation is 1. The Balaban J connectivity index is 1.70. The molecule has 1 aromatic heterocycles. The first-order valence-corrected chi connectivity index (χ1v) is 9.88. The minimum absolute atomic E-state index is 0.663. The molecule has 0 spiro atoms. The van der Waals surface area contributed by atoms with E-state index in [1.807, 2.05) is 18.2 Å². The van der Waals surface area contributed by atoms with Crippen LogP contribution in [0, 0.1) is 0 Å². The largest absolute Gasteiger partial charge is 0.385 e. The van der Waals surface area contributed by atoms with Gasteiger partial charge in [0.1, 0.15) is 5.82 Å². The van der Waals surface area contributed by atoms with E-state index in [1.165, 1.54) is 11.3 Å². The van der Waals surface area contributed by atoms with Crippen LogP contribution in [0.4, 0.5) is 17.5 Å². The maximum absolute atomic E-state index is 5.14. The number of aromatic nitrogens is 2. The summed E-state index contributed by atoms with van der Waals surface area (Å²) in [5, 5.41) is 3.36. The maximum Gasteiger partial charge on any atom is 0.225 e. The molecular formula is C23H26N4O. The van der Waals surface area contributed by atoms with Gasteiger partial charge >= 0.3 is 0 Å². The molecular weight excluding hydrogens is 348 g/mol. The third kappa shape index (κ3) is 4.15. The van der Waals surface area contributed by atoms with Crippen LogP contribution in [-0.2, 0) is 11.2 Å². The van der Waals surface area contributed by atoms with Crippen molar-refractivity contribution >= 4 is 17.5 Å². The van der Waals surface area contributed by atoms with E-state index >= 15 is 0 Å². The highest BCUT2D eigenvalue weighted by molar-refractivity contribution is 5.71. The molecule has 2 heterocycles. The van der Waals surface area contributed by atoms with Crippen LogP contribution < -0.4 is 10.2 Å². The third-order valence-corrected chi connectivity index (χ3v) is 4.98. The highest BCUT2D eigenvalue weighted by atomic mass is 16.5. The molecule has 0 saturated carbocycles. The van der Waals surface area contributed by atoms with Gasteiger partial charge in [0.05, 0.1) is 5.69 Å². The van der Waals surface area contributed by atoms with Crippen LogP contribution in [0.5, 0.6) is 0 Å². The number of ether oxygens (including phenoxy) is 1. The Labute approximate surface area is 166 Å². The lowest BCUT2D eigenvalue weighted by Crippen LogP contribution is -2.25. The standard InChI is InChI=1S/C23H26N4O/c1-28-16-8-14-24-23-25-20(18-9-3-2-4-10-18)17-22(26-23)27-15-7-12-19-11-5-6-13-21(19)27/h2-6,9-11,13,17H,7-8,12,14-16H2,1H3,(H,24,25,26). The number of methoxy groups -OCH3 is 1.